The zero-order chi connectivity index (χ0) is 20.3. The van der Waals surface area contributed by atoms with Crippen molar-refractivity contribution in [1.29, 1.82) is 0 Å². The molecule has 1 aromatic heterocycles. The molecule has 1 N–H and O–H groups in total. The van der Waals surface area contributed by atoms with Gasteiger partial charge in [0.25, 0.3) is 0 Å². The van der Waals surface area contributed by atoms with Gasteiger partial charge in [0.2, 0.25) is 10.0 Å². The third kappa shape index (κ3) is 4.77. The molecule has 2 aliphatic rings. The van der Waals surface area contributed by atoms with Crippen LogP contribution < -0.4 is 19.1 Å². The molecule has 1 aromatic carbocycles. The van der Waals surface area contributed by atoms with Crippen molar-refractivity contribution in [2.45, 2.75) is 24.8 Å². The van der Waals surface area contributed by atoms with Gasteiger partial charge in [0, 0.05) is 37.3 Å². The summed E-state index contributed by atoms with van der Waals surface area (Å²) in [6.07, 6.45) is 0.755. The van der Waals surface area contributed by atoms with E-state index >= 15 is 0 Å². The van der Waals surface area contributed by atoms with Gasteiger partial charge in [-0.3, -0.25) is 0 Å². The predicted octanol–water partition coefficient (Wildman–Crippen LogP) is 1.26. The van der Waals surface area contributed by atoms with E-state index in [-0.39, 0.29) is 11.4 Å². The molecule has 0 atom stereocenters. The number of hydrogen-bond donors (Lipinski definition) is 1. The fourth-order valence-electron chi connectivity index (χ4n) is 3.20. The van der Waals surface area contributed by atoms with Crippen molar-refractivity contribution >= 4 is 15.8 Å². The number of hydrogen-bond acceptors (Lipinski definition) is 8. The Kier molecular flexibility index (Phi) is 5.84. The Morgan fingerprint density at radius 1 is 1.03 bits per heavy atom. The SMILES string of the molecule is Cc1cc(N2CCOCC2)nc(CNS(=O)(=O)c2ccc3c(c2)OCCCO3)n1. The van der Waals surface area contributed by atoms with Gasteiger partial charge in [-0.05, 0) is 19.1 Å². The minimum atomic E-state index is -3.75. The first-order chi connectivity index (χ1) is 14.0. The molecule has 0 unspecified atom stereocenters. The first kappa shape index (κ1) is 19.9. The number of nitrogens with zero attached hydrogens (tertiary/aromatic N) is 3. The summed E-state index contributed by atoms with van der Waals surface area (Å²) in [4.78, 5) is 11.1. The zero-order valence-corrected chi connectivity index (χ0v) is 17.1. The molecule has 2 aliphatic heterocycles. The van der Waals surface area contributed by atoms with Crippen LogP contribution in [0.3, 0.4) is 0 Å². The number of ether oxygens (including phenoxy) is 3. The van der Waals surface area contributed by atoms with Crippen LogP contribution in [0.5, 0.6) is 11.5 Å². The van der Waals surface area contributed by atoms with Gasteiger partial charge in [-0.2, -0.15) is 0 Å². The topological polar surface area (TPSA) is 103 Å². The lowest BCUT2D eigenvalue weighted by Crippen LogP contribution is -2.37. The van der Waals surface area contributed by atoms with Gasteiger partial charge in [-0.1, -0.05) is 0 Å². The number of morpholine rings is 1. The molecule has 0 bridgehead atoms. The van der Waals surface area contributed by atoms with Crippen LogP contribution in [0.1, 0.15) is 17.9 Å². The highest BCUT2D eigenvalue weighted by atomic mass is 32.2. The van der Waals surface area contributed by atoms with Crippen molar-refractivity contribution in [3.05, 3.63) is 35.8 Å². The number of aromatic nitrogens is 2. The summed E-state index contributed by atoms with van der Waals surface area (Å²) >= 11 is 0. The molecule has 4 rings (SSSR count). The molecule has 9 nitrogen and oxygen atoms in total. The maximum atomic E-state index is 12.8. The number of sulfonamides is 1. The molecule has 2 aromatic rings. The fraction of sp³-hybridized carbons (Fsp3) is 0.474. The third-order valence-corrected chi connectivity index (χ3v) is 6.07. The molecule has 3 heterocycles. The third-order valence-electron chi connectivity index (χ3n) is 4.67. The van der Waals surface area contributed by atoms with Crippen LogP contribution in [-0.4, -0.2) is 57.9 Å². The summed E-state index contributed by atoms with van der Waals surface area (Å²) in [6, 6.07) is 6.51. The lowest BCUT2D eigenvalue weighted by molar-refractivity contribution is 0.122. The second kappa shape index (κ2) is 8.52. The average molecular weight is 420 g/mol. The van der Waals surface area contributed by atoms with Crippen LogP contribution in [0.4, 0.5) is 5.82 Å². The molecule has 1 saturated heterocycles. The minimum Gasteiger partial charge on any atom is -0.490 e. The van der Waals surface area contributed by atoms with E-state index in [1.165, 1.54) is 12.1 Å². The van der Waals surface area contributed by atoms with Crippen molar-refractivity contribution in [3.8, 4) is 11.5 Å². The average Bonchev–Trinajstić information content (AvgIpc) is 2.97. The zero-order valence-electron chi connectivity index (χ0n) is 16.3. The Morgan fingerprint density at radius 2 is 1.79 bits per heavy atom. The number of nitrogens with one attached hydrogen (secondary N) is 1. The highest BCUT2D eigenvalue weighted by Crippen LogP contribution is 2.31. The lowest BCUT2D eigenvalue weighted by Gasteiger charge is -2.28. The Hall–Kier alpha value is -2.43. The monoisotopic (exact) mass is 420 g/mol. The van der Waals surface area contributed by atoms with Crippen molar-refractivity contribution in [1.82, 2.24) is 14.7 Å². The van der Waals surface area contributed by atoms with Gasteiger partial charge < -0.3 is 19.1 Å². The summed E-state index contributed by atoms with van der Waals surface area (Å²) in [5, 5.41) is 0. The van der Waals surface area contributed by atoms with Crippen molar-refractivity contribution in [2.75, 3.05) is 44.4 Å². The molecular formula is C19H24N4O5S. The number of anilines is 1. The summed E-state index contributed by atoms with van der Waals surface area (Å²) in [6.45, 7) is 5.70. The summed E-state index contributed by atoms with van der Waals surface area (Å²) < 4.78 is 44.6. The van der Waals surface area contributed by atoms with Crippen LogP contribution in [0.2, 0.25) is 0 Å². The molecule has 0 spiro atoms. The summed E-state index contributed by atoms with van der Waals surface area (Å²) in [5.74, 6) is 2.19. The smallest absolute Gasteiger partial charge is 0.241 e. The van der Waals surface area contributed by atoms with Crippen LogP contribution in [0, 0.1) is 6.92 Å². The van der Waals surface area contributed by atoms with Crippen LogP contribution in [0.25, 0.3) is 0 Å². The largest absolute Gasteiger partial charge is 0.490 e. The minimum absolute atomic E-state index is 0.00417. The van der Waals surface area contributed by atoms with Crippen LogP contribution in [0.15, 0.2) is 29.2 Å². The molecule has 156 valence electrons. The van der Waals surface area contributed by atoms with E-state index in [9.17, 15) is 8.42 Å². The first-order valence-corrected chi connectivity index (χ1v) is 11.1. The summed E-state index contributed by atoms with van der Waals surface area (Å²) in [5.41, 5.74) is 0.784. The van der Waals surface area contributed by atoms with E-state index < -0.39 is 10.0 Å². The molecule has 0 amide bonds. The van der Waals surface area contributed by atoms with Crippen LogP contribution >= 0.6 is 0 Å². The molecule has 0 aliphatic carbocycles. The Balaban J connectivity index is 1.49. The molecular weight excluding hydrogens is 396 g/mol. The second-order valence-electron chi connectivity index (χ2n) is 6.87. The van der Waals surface area contributed by atoms with Gasteiger partial charge in [-0.15, -0.1) is 0 Å². The van der Waals surface area contributed by atoms with Gasteiger partial charge in [0.15, 0.2) is 11.5 Å². The maximum Gasteiger partial charge on any atom is 0.241 e. The summed E-state index contributed by atoms with van der Waals surface area (Å²) in [7, 11) is -3.75. The molecule has 1 fully saturated rings. The van der Waals surface area contributed by atoms with Gasteiger partial charge in [-0.25, -0.2) is 23.1 Å². The first-order valence-electron chi connectivity index (χ1n) is 9.58. The van der Waals surface area contributed by atoms with Gasteiger partial charge >= 0.3 is 0 Å². The second-order valence-corrected chi connectivity index (χ2v) is 8.63. The number of aryl methyl sites for hydroxylation is 1. The molecule has 10 heteroatoms. The number of benzene rings is 1. The highest BCUT2D eigenvalue weighted by molar-refractivity contribution is 7.89. The van der Waals surface area contributed by atoms with E-state index in [4.69, 9.17) is 14.2 Å². The highest BCUT2D eigenvalue weighted by Gasteiger charge is 2.20. The molecule has 0 radical (unpaired) electrons. The fourth-order valence-corrected chi connectivity index (χ4v) is 4.19. The Bertz CT molecular complexity index is 977. The Morgan fingerprint density at radius 3 is 2.59 bits per heavy atom. The van der Waals surface area contributed by atoms with E-state index in [0.717, 1.165) is 31.0 Å². The standard InChI is InChI=1S/C19H24N4O5S/c1-14-11-19(23-5-9-26-10-6-23)22-18(21-14)13-20-29(24,25)15-3-4-16-17(12-15)28-8-2-7-27-16/h3-4,11-12,20H,2,5-10,13H2,1H3. The normalized spacial score (nSPS) is 17.1. The Labute approximate surface area is 170 Å². The predicted molar refractivity (Wildman–Crippen MR) is 106 cm³/mol. The van der Waals surface area contributed by atoms with E-state index in [0.29, 0.717) is 43.8 Å². The van der Waals surface area contributed by atoms with Crippen LogP contribution in [-0.2, 0) is 21.3 Å². The molecule has 29 heavy (non-hydrogen) atoms. The van der Waals surface area contributed by atoms with E-state index in [2.05, 4.69) is 19.6 Å². The lowest BCUT2D eigenvalue weighted by atomic mass is 10.3. The van der Waals surface area contributed by atoms with E-state index in [1.807, 2.05) is 13.0 Å². The quantitative estimate of drug-likeness (QED) is 0.771. The number of rotatable bonds is 5. The van der Waals surface area contributed by atoms with Crippen molar-refractivity contribution in [3.63, 3.8) is 0 Å². The molecule has 0 saturated carbocycles. The van der Waals surface area contributed by atoms with Gasteiger partial charge in [0.1, 0.15) is 11.6 Å². The van der Waals surface area contributed by atoms with Gasteiger partial charge in [0.05, 0.1) is 37.9 Å². The maximum absolute atomic E-state index is 12.8. The van der Waals surface area contributed by atoms with E-state index in [1.54, 1.807) is 6.07 Å². The van der Waals surface area contributed by atoms with Crippen molar-refractivity contribution in [2.24, 2.45) is 0 Å². The van der Waals surface area contributed by atoms with Crippen molar-refractivity contribution < 1.29 is 22.6 Å². The number of fused-ring (bicyclic) bond motifs is 1.